The molecule has 0 N–H and O–H groups in total. The molecule has 0 radical (unpaired) electrons. The maximum Gasteiger partial charge on any atom is 0.0647 e. The largest absolute Gasteiger partial charge is 0.377 e. The molecule has 0 saturated heterocycles. The van der Waals surface area contributed by atoms with Crippen LogP contribution < -0.4 is 0 Å². The van der Waals surface area contributed by atoms with Gasteiger partial charge in [0.2, 0.25) is 0 Å². The number of allylic oxidation sites excluding steroid dienone is 2. The highest BCUT2D eigenvalue weighted by Gasteiger charge is 2.08. The second-order valence-corrected chi connectivity index (χ2v) is 3.06. The van der Waals surface area contributed by atoms with Gasteiger partial charge >= 0.3 is 0 Å². The van der Waals surface area contributed by atoms with Crippen LogP contribution in [0.3, 0.4) is 0 Å². The first-order valence-electron chi connectivity index (χ1n) is 4.19. The molecule has 0 aromatic rings. The summed E-state index contributed by atoms with van der Waals surface area (Å²) in [6.07, 6.45) is 7.68. The summed E-state index contributed by atoms with van der Waals surface area (Å²) >= 11 is 0. The van der Waals surface area contributed by atoms with E-state index >= 15 is 0 Å². The highest BCUT2D eigenvalue weighted by atomic mass is 16.5. The zero-order valence-electron chi connectivity index (χ0n) is 7.34. The first-order chi connectivity index (χ1) is 5.33. The Hall–Kier alpha value is -0.560. The molecule has 0 spiro atoms. The summed E-state index contributed by atoms with van der Waals surface area (Å²) in [5.41, 5.74) is 1.45. The van der Waals surface area contributed by atoms with E-state index in [9.17, 15) is 0 Å². The van der Waals surface area contributed by atoms with Gasteiger partial charge in [0, 0.05) is 5.92 Å². The van der Waals surface area contributed by atoms with E-state index in [2.05, 4.69) is 32.1 Å². The van der Waals surface area contributed by atoms with Crippen LogP contribution >= 0.6 is 0 Å². The Morgan fingerprint density at radius 2 is 2.55 bits per heavy atom. The van der Waals surface area contributed by atoms with E-state index in [-0.39, 0.29) is 0 Å². The molecule has 0 fully saturated rings. The average molecular weight is 152 g/mol. The lowest BCUT2D eigenvalue weighted by atomic mass is 9.99. The second-order valence-electron chi connectivity index (χ2n) is 3.06. The van der Waals surface area contributed by atoms with Gasteiger partial charge in [0.1, 0.15) is 0 Å². The number of hydrogen-bond acceptors (Lipinski definition) is 1. The normalized spacial score (nSPS) is 25.6. The van der Waals surface area contributed by atoms with Gasteiger partial charge in [-0.3, -0.25) is 0 Å². The van der Waals surface area contributed by atoms with Crippen LogP contribution in [-0.2, 0) is 4.74 Å². The Labute approximate surface area is 68.8 Å². The molecular formula is C10H16O. The SMILES string of the molecule is CC=C(C)CC1C=CCOC1. The van der Waals surface area contributed by atoms with Gasteiger partial charge in [-0.2, -0.15) is 0 Å². The molecule has 0 aromatic carbocycles. The van der Waals surface area contributed by atoms with Crippen molar-refractivity contribution in [1.82, 2.24) is 0 Å². The molecule has 1 heterocycles. The van der Waals surface area contributed by atoms with Crippen molar-refractivity contribution in [3.05, 3.63) is 23.8 Å². The summed E-state index contributed by atoms with van der Waals surface area (Å²) in [5, 5.41) is 0. The lowest BCUT2D eigenvalue weighted by Crippen LogP contribution is -2.12. The van der Waals surface area contributed by atoms with E-state index in [0.717, 1.165) is 19.6 Å². The van der Waals surface area contributed by atoms with E-state index in [1.165, 1.54) is 5.57 Å². The summed E-state index contributed by atoms with van der Waals surface area (Å²) in [6, 6.07) is 0. The van der Waals surface area contributed by atoms with Crippen molar-refractivity contribution in [3.8, 4) is 0 Å². The van der Waals surface area contributed by atoms with Crippen LogP contribution in [-0.4, -0.2) is 13.2 Å². The molecule has 1 aliphatic rings. The fraction of sp³-hybridized carbons (Fsp3) is 0.600. The van der Waals surface area contributed by atoms with E-state index in [4.69, 9.17) is 4.74 Å². The van der Waals surface area contributed by atoms with E-state index in [0.29, 0.717) is 5.92 Å². The molecule has 1 heteroatoms. The fourth-order valence-corrected chi connectivity index (χ4v) is 1.25. The minimum absolute atomic E-state index is 0.611. The predicted octanol–water partition coefficient (Wildman–Crippen LogP) is 2.55. The van der Waals surface area contributed by atoms with Gasteiger partial charge in [0.15, 0.2) is 0 Å². The average Bonchev–Trinajstić information content (AvgIpc) is 2.06. The van der Waals surface area contributed by atoms with Gasteiger partial charge in [-0.05, 0) is 20.3 Å². The molecule has 0 saturated carbocycles. The Morgan fingerprint density at radius 3 is 3.09 bits per heavy atom. The molecule has 0 aromatic heterocycles. The molecule has 11 heavy (non-hydrogen) atoms. The van der Waals surface area contributed by atoms with Gasteiger partial charge in [0.25, 0.3) is 0 Å². The summed E-state index contributed by atoms with van der Waals surface area (Å²) in [4.78, 5) is 0. The van der Waals surface area contributed by atoms with Gasteiger partial charge in [-0.25, -0.2) is 0 Å². The van der Waals surface area contributed by atoms with Gasteiger partial charge < -0.3 is 4.74 Å². The lowest BCUT2D eigenvalue weighted by molar-refractivity contribution is 0.126. The fourth-order valence-electron chi connectivity index (χ4n) is 1.25. The highest BCUT2D eigenvalue weighted by molar-refractivity contribution is 5.03. The van der Waals surface area contributed by atoms with Crippen LogP contribution in [0.2, 0.25) is 0 Å². The first-order valence-corrected chi connectivity index (χ1v) is 4.19. The van der Waals surface area contributed by atoms with E-state index < -0.39 is 0 Å². The summed E-state index contributed by atoms with van der Waals surface area (Å²) in [6.45, 7) is 5.94. The molecule has 0 bridgehead atoms. The van der Waals surface area contributed by atoms with Crippen LogP contribution in [0.5, 0.6) is 0 Å². The Kier molecular flexibility index (Phi) is 3.37. The predicted molar refractivity (Wildman–Crippen MR) is 47.5 cm³/mol. The maximum atomic E-state index is 5.31. The molecule has 1 unspecified atom stereocenters. The molecule has 1 nitrogen and oxygen atoms in total. The van der Waals surface area contributed by atoms with E-state index in [1.54, 1.807) is 0 Å². The molecule has 1 atom stereocenters. The van der Waals surface area contributed by atoms with Crippen LogP contribution in [0, 0.1) is 5.92 Å². The number of hydrogen-bond donors (Lipinski definition) is 0. The lowest BCUT2D eigenvalue weighted by Gasteiger charge is -2.16. The van der Waals surface area contributed by atoms with Gasteiger partial charge in [-0.1, -0.05) is 23.8 Å². The topological polar surface area (TPSA) is 9.23 Å². The van der Waals surface area contributed by atoms with Gasteiger partial charge in [0.05, 0.1) is 13.2 Å². The van der Waals surface area contributed by atoms with Crippen molar-refractivity contribution in [2.45, 2.75) is 20.3 Å². The van der Waals surface area contributed by atoms with Crippen molar-refractivity contribution in [2.24, 2.45) is 5.92 Å². The molecule has 0 aliphatic carbocycles. The molecule has 0 amide bonds. The third kappa shape index (κ3) is 2.89. The van der Waals surface area contributed by atoms with Crippen molar-refractivity contribution in [1.29, 1.82) is 0 Å². The van der Waals surface area contributed by atoms with Crippen molar-refractivity contribution < 1.29 is 4.74 Å². The zero-order valence-corrected chi connectivity index (χ0v) is 7.34. The molecular weight excluding hydrogens is 136 g/mol. The smallest absolute Gasteiger partial charge is 0.0647 e. The Balaban J connectivity index is 2.36. The van der Waals surface area contributed by atoms with Crippen LogP contribution in [0.15, 0.2) is 23.8 Å². The third-order valence-corrected chi connectivity index (χ3v) is 2.03. The maximum absolute atomic E-state index is 5.31. The molecule has 62 valence electrons. The van der Waals surface area contributed by atoms with Crippen molar-refractivity contribution >= 4 is 0 Å². The van der Waals surface area contributed by atoms with Crippen LogP contribution in [0.25, 0.3) is 0 Å². The Bertz CT molecular complexity index is 168. The number of rotatable bonds is 2. The molecule has 1 rings (SSSR count). The first kappa shape index (κ1) is 8.54. The third-order valence-electron chi connectivity index (χ3n) is 2.03. The van der Waals surface area contributed by atoms with Crippen LogP contribution in [0.1, 0.15) is 20.3 Å². The zero-order chi connectivity index (χ0) is 8.10. The summed E-state index contributed by atoms with van der Waals surface area (Å²) < 4.78 is 5.31. The second kappa shape index (κ2) is 4.35. The minimum atomic E-state index is 0.611. The number of ether oxygens (including phenoxy) is 1. The van der Waals surface area contributed by atoms with E-state index in [1.807, 2.05) is 0 Å². The van der Waals surface area contributed by atoms with Crippen molar-refractivity contribution in [2.75, 3.05) is 13.2 Å². The monoisotopic (exact) mass is 152 g/mol. The standard InChI is InChI=1S/C10H16O/c1-3-9(2)7-10-5-4-6-11-8-10/h3-5,10H,6-8H2,1-2H3. The quantitative estimate of drug-likeness (QED) is 0.552. The summed E-state index contributed by atoms with van der Waals surface area (Å²) in [7, 11) is 0. The van der Waals surface area contributed by atoms with Crippen LogP contribution in [0.4, 0.5) is 0 Å². The Morgan fingerprint density at radius 1 is 1.73 bits per heavy atom. The summed E-state index contributed by atoms with van der Waals surface area (Å²) in [5.74, 6) is 0.611. The van der Waals surface area contributed by atoms with Crippen molar-refractivity contribution in [3.63, 3.8) is 0 Å². The minimum Gasteiger partial charge on any atom is -0.377 e. The highest BCUT2D eigenvalue weighted by Crippen LogP contribution is 2.15. The van der Waals surface area contributed by atoms with Gasteiger partial charge in [-0.15, -0.1) is 0 Å². The molecule has 1 aliphatic heterocycles.